The molecule has 1 aromatic heterocycles. The third kappa shape index (κ3) is 4.69. The lowest BCUT2D eigenvalue weighted by Gasteiger charge is -2.34. The summed E-state index contributed by atoms with van der Waals surface area (Å²) in [6.07, 6.45) is 0. The standard InChI is InChI=1S/C23H24Cl2N4O/c1-17-21(22(25)29(26-17)15-18-5-3-2-4-6-18)16-27-11-13-28(14-12-27)23(30)19-7-9-20(24)10-8-19/h2-10H,11-16H2,1H3. The first kappa shape index (κ1) is 20.9. The number of nitrogens with zero attached hydrogens (tertiary/aromatic N) is 4. The highest BCUT2D eigenvalue weighted by Gasteiger charge is 2.24. The lowest BCUT2D eigenvalue weighted by Crippen LogP contribution is -2.48. The van der Waals surface area contributed by atoms with E-state index in [1.165, 1.54) is 5.56 Å². The molecule has 3 aromatic rings. The van der Waals surface area contributed by atoms with Crippen molar-refractivity contribution in [2.75, 3.05) is 26.2 Å². The molecule has 2 heterocycles. The summed E-state index contributed by atoms with van der Waals surface area (Å²) in [5.74, 6) is 0.0520. The van der Waals surface area contributed by atoms with Crippen LogP contribution in [0.15, 0.2) is 54.6 Å². The minimum absolute atomic E-state index is 0.0520. The fraction of sp³-hybridized carbons (Fsp3) is 0.304. The Morgan fingerprint density at radius 2 is 1.60 bits per heavy atom. The van der Waals surface area contributed by atoms with Gasteiger partial charge in [-0.1, -0.05) is 53.5 Å². The van der Waals surface area contributed by atoms with E-state index in [9.17, 15) is 4.79 Å². The first-order valence-corrected chi connectivity index (χ1v) is 10.8. The van der Waals surface area contributed by atoms with E-state index < -0.39 is 0 Å². The molecule has 30 heavy (non-hydrogen) atoms. The fourth-order valence-electron chi connectivity index (χ4n) is 3.74. The fourth-order valence-corrected chi connectivity index (χ4v) is 4.16. The number of aromatic nitrogens is 2. The minimum Gasteiger partial charge on any atom is -0.336 e. The van der Waals surface area contributed by atoms with Crippen LogP contribution in [0.2, 0.25) is 10.2 Å². The van der Waals surface area contributed by atoms with Crippen LogP contribution in [0.1, 0.15) is 27.2 Å². The van der Waals surface area contributed by atoms with E-state index >= 15 is 0 Å². The number of benzene rings is 2. The third-order valence-corrected chi connectivity index (χ3v) is 6.17. The zero-order valence-corrected chi connectivity index (χ0v) is 18.4. The van der Waals surface area contributed by atoms with Crippen molar-refractivity contribution in [1.82, 2.24) is 19.6 Å². The highest BCUT2D eigenvalue weighted by molar-refractivity contribution is 6.30. The number of rotatable bonds is 5. The largest absolute Gasteiger partial charge is 0.336 e. The summed E-state index contributed by atoms with van der Waals surface area (Å²) in [6, 6.07) is 17.3. The van der Waals surface area contributed by atoms with E-state index in [2.05, 4.69) is 22.1 Å². The van der Waals surface area contributed by atoms with Crippen molar-refractivity contribution in [3.05, 3.63) is 87.2 Å². The second kappa shape index (κ2) is 9.21. The average Bonchev–Trinajstić information content (AvgIpc) is 3.02. The third-order valence-electron chi connectivity index (χ3n) is 5.49. The molecule has 1 amide bonds. The van der Waals surface area contributed by atoms with Gasteiger partial charge in [0.2, 0.25) is 0 Å². The van der Waals surface area contributed by atoms with Crippen LogP contribution >= 0.6 is 23.2 Å². The Morgan fingerprint density at radius 1 is 0.933 bits per heavy atom. The molecule has 1 aliphatic heterocycles. The summed E-state index contributed by atoms with van der Waals surface area (Å²) < 4.78 is 1.86. The van der Waals surface area contributed by atoms with E-state index in [1.807, 2.05) is 34.7 Å². The van der Waals surface area contributed by atoms with Crippen molar-refractivity contribution in [2.45, 2.75) is 20.0 Å². The first-order valence-electron chi connectivity index (χ1n) is 10.0. The van der Waals surface area contributed by atoms with Crippen molar-refractivity contribution in [2.24, 2.45) is 0 Å². The summed E-state index contributed by atoms with van der Waals surface area (Å²) in [7, 11) is 0. The molecule has 0 bridgehead atoms. The number of hydrogen-bond acceptors (Lipinski definition) is 3. The lowest BCUT2D eigenvalue weighted by atomic mass is 10.1. The smallest absolute Gasteiger partial charge is 0.253 e. The Morgan fingerprint density at radius 3 is 2.27 bits per heavy atom. The van der Waals surface area contributed by atoms with Crippen LogP contribution in [0.5, 0.6) is 0 Å². The van der Waals surface area contributed by atoms with Crippen molar-refractivity contribution < 1.29 is 4.79 Å². The van der Waals surface area contributed by atoms with Gasteiger partial charge < -0.3 is 4.90 Å². The molecule has 0 radical (unpaired) electrons. The number of piperazine rings is 1. The normalized spacial score (nSPS) is 14.8. The molecule has 1 aliphatic rings. The van der Waals surface area contributed by atoms with Crippen LogP contribution in [0, 0.1) is 6.92 Å². The van der Waals surface area contributed by atoms with Crippen molar-refractivity contribution in [3.63, 3.8) is 0 Å². The van der Waals surface area contributed by atoms with Crippen molar-refractivity contribution in [3.8, 4) is 0 Å². The molecular weight excluding hydrogens is 419 g/mol. The Balaban J connectivity index is 1.37. The summed E-state index contributed by atoms with van der Waals surface area (Å²) in [6.45, 7) is 6.39. The molecule has 0 N–H and O–H groups in total. The molecule has 2 aromatic carbocycles. The Bertz CT molecular complexity index is 1010. The topological polar surface area (TPSA) is 41.4 Å². The van der Waals surface area contributed by atoms with Gasteiger partial charge in [-0.15, -0.1) is 0 Å². The zero-order valence-electron chi connectivity index (χ0n) is 16.9. The summed E-state index contributed by atoms with van der Waals surface area (Å²) in [5, 5.41) is 5.97. The van der Waals surface area contributed by atoms with E-state index in [0.29, 0.717) is 35.4 Å². The molecule has 0 saturated carbocycles. The predicted octanol–water partition coefficient (Wildman–Crippen LogP) is 4.50. The molecule has 1 fully saturated rings. The van der Waals surface area contributed by atoms with Crippen LogP contribution in [0.3, 0.4) is 0 Å². The lowest BCUT2D eigenvalue weighted by molar-refractivity contribution is 0.0628. The van der Waals surface area contributed by atoms with Gasteiger partial charge in [-0.25, -0.2) is 4.68 Å². The van der Waals surface area contributed by atoms with E-state index in [-0.39, 0.29) is 5.91 Å². The van der Waals surface area contributed by atoms with Gasteiger partial charge in [0.1, 0.15) is 5.15 Å². The van der Waals surface area contributed by atoms with Gasteiger partial charge in [0.15, 0.2) is 0 Å². The number of carbonyl (C=O) groups excluding carboxylic acids is 1. The molecule has 0 unspecified atom stereocenters. The maximum Gasteiger partial charge on any atom is 0.253 e. The summed E-state index contributed by atoms with van der Waals surface area (Å²) in [4.78, 5) is 16.9. The Kier molecular flexibility index (Phi) is 6.42. The maximum atomic E-state index is 12.7. The molecule has 4 rings (SSSR count). The predicted molar refractivity (Wildman–Crippen MR) is 120 cm³/mol. The van der Waals surface area contributed by atoms with Gasteiger partial charge in [-0.05, 0) is 36.8 Å². The molecule has 5 nitrogen and oxygen atoms in total. The molecule has 1 saturated heterocycles. The number of amides is 1. The molecule has 156 valence electrons. The Labute approximate surface area is 186 Å². The first-order chi connectivity index (χ1) is 14.5. The molecule has 0 atom stereocenters. The number of carbonyl (C=O) groups is 1. The van der Waals surface area contributed by atoms with Gasteiger partial charge in [0, 0.05) is 48.9 Å². The van der Waals surface area contributed by atoms with Crippen LogP contribution in [-0.4, -0.2) is 51.7 Å². The SMILES string of the molecule is Cc1nn(Cc2ccccc2)c(Cl)c1CN1CCN(C(=O)c2ccc(Cl)cc2)CC1. The highest BCUT2D eigenvalue weighted by Crippen LogP contribution is 2.23. The quantitative estimate of drug-likeness (QED) is 0.583. The van der Waals surface area contributed by atoms with E-state index in [0.717, 1.165) is 30.9 Å². The number of aryl methyl sites for hydroxylation is 1. The number of hydrogen-bond donors (Lipinski definition) is 0. The summed E-state index contributed by atoms with van der Waals surface area (Å²) in [5.41, 5.74) is 3.86. The van der Waals surface area contributed by atoms with Gasteiger partial charge in [-0.3, -0.25) is 9.69 Å². The maximum absolute atomic E-state index is 12.7. The zero-order chi connectivity index (χ0) is 21.1. The van der Waals surface area contributed by atoms with Gasteiger partial charge in [-0.2, -0.15) is 5.10 Å². The monoisotopic (exact) mass is 442 g/mol. The van der Waals surface area contributed by atoms with E-state index in [4.69, 9.17) is 23.2 Å². The van der Waals surface area contributed by atoms with Crippen molar-refractivity contribution >= 4 is 29.1 Å². The highest BCUT2D eigenvalue weighted by atomic mass is 35.5. The van der Waals surface area contributed by atoms with Crippen LogP contribution in [0.25, 0.3) is 0 Å². The average molecular weight is 443 g/mol. The molecular formula is C23H24Cl2N4O. The number of halogens is 2. The molecule has 7 heteroatoms. The molecule has 0 spiro atoms. The van der Waals surface area contributed by atoms with Crippen molar-refractivity contribution in [1.29, 1.82) is 0 Å². The Hall–Kier alpha value is -2.34. The second-order valence-corrected chi connectivity index (χ2v) is 8.37. The molecule has 0 aliphatic carbocycles. The van der Waals surface area contributed by atoms with E-state index in [1.54, 1.807) is 24.3 Å². The van der Waals surface area contributed by atoms with Crippen LogP contribution < -0.4 is 0 Å². The van der Waals surface area contributed by atoms with Crippen LogP contribution in [-0.2, 0) is 13.1 Å². The van der Waals surface area contributed by atoms with Gasteiger partial charge >= 0.3 is 0 Å². The van der Waals surface area contributed by atoms with Gasteiger partial charge in [0.05, 0.1) is 12.2 Å². The second-order valence-electron chi connectivity index (χ2n) is 7.57. The van der Waals surface area contributed by atoms with Gasteiger partial charge in [0.25, 0.3) is 5.91 Å². The summed E-state index contributed by atoms with van der Waals surface area (Å²) >= 11 is 12.6. The van der Waals surface area contributed by atoms with Crippen LogP contribution in [0.4, 0.5) is 0 Å². The minimum atomic E-state index is 0.0520.